The zero-order valence-corrected chi connectivity index (χ0v) is 13.9. The van der Waals surface area contributed by atoms with Crippen LogP contribution in [0.4, 0.5) is 0 Å². The molecule has 0 unspecified atom stereocenters. The van der Waals surface area contributed by atoms with Crippen LogP contribution in [0.1, 0.15) is 43.4 Å². The molecule has 0 radical (unpaired) electrons. The van der Waals surface area contributed by atoms with Crippen LogP contribution in [0.3, 0.4) is 0 Å². The molecule has 0 aromatic heterocycles. The second-order valence-electron chi connectivity index (χ2n) is 5.14. The van der Waals surface area contributed by atoms with E-state index in [0.29, 0.717) is 0 Å². The highest BCUT2D eigenvalue weighted by Gasteiger charge is 2.02. The summed E-state index contributed by atoms with van der Waals surface area (Å²) in [6.07, 6.45) is 2.08. The van der Waals surface area contributed by atoms with Crippen LogP contribution < -0.4 is 5.32 Å². The highest BCUT2D eigenvalue weighted by molar-refractivity contribution is 8.05. The lowest BCUT2D eigenvalue weighted by molar-refractivity contribution is 0.840. The molecule has 0 amide bonds. The molecule has 1 rings (SSSR count). The Labute approximate surface area is 127 Å². The van der Waals surface area contributed by atoms with E-state index >= 15 is 0 Å². The molecule has 0 aliphatic heterocycles. The fraction of sp³-hybridized carbons (Fsp3) is 0.333. The topological polar surface area (TPSA) is 12.0 Å². The van der Waals surface area contributed by atoms with E-state index in [1.807, 2.05) is 0 Å². The van der Waals surface area contributed by atoms with Crippen LogP contribution in [0.5, 0.6) is 0 Å². The monoisotopic (exact) mass is 287 g/mol. The maximum Gasteiger partial charge on any atom is 0.0692 e. The average molecular weight is 287 g/mol. The largest absolute Gasteiger partial charge is 0.354 e. The Morgan fingerprint density at radius 1 is 1.30 bits per heavy atom. The summed E-state index contributed by atoms with van der Waals surface area (Å²) in [4.78, 5) is 0. The van der Waals surface area contributed by atoms with Crippen LogP contribution in [-0.4, -0.2) is 0 Å². The van der Waals surface area contributed by atoms with Crippen molar-refractivity contribution in [3.8, 4) is 0 Å². The zero-order valence-electron chi connectivity index (χ0n) is 13.0. The predicted molar refractivity (Wildman–Crippen MR) is 93.5 cm³/mol. The summed E-state index contributed by atoms with van der Waals surface area (Å²) < 4.78 is 0. The van der Waals surface area contributed by atoms with Crippen molar-refractivity contribution in [1.29, 1.82) is 0 Å². The molecule has 0 spiro atoms. The summed E-state index contributed by atoms with van der Waals surface area (Å²) in [5, 5.41) is 6.31. The molecule has 0 atom stereocenters. The molecule has 0 aliphatic rings. The van der Waals surface area contributed by atoms with Gasteiger partial charge < -0.3 is 5.32 Å². The minimum Gasteiger partial charge on any atom is -0.354 e. The average Bonchev–Trinajstić information content (AvgIpc) is 2.36. The molecule has 1 nitrogen and oxygen atoms in total. The normalized spacial score (nSPS) is 11.3. The Hall–Kier alpha value is -1.41. The first-order valence-corrected chi connectivity index (χ1v) is 7.86. The van der Waals surface area contributed by atoms with Gasteiger partial charge in [0, 0.05) is 5.70 Å². The van der Waals surface area contributed by atoms with Gasteiger partial charge in [-0.1, -0.05) is 62.0 Å². The van der Waals surface area contributed by atoms with E-state index in [0.717, 1.165) is 23.6 Å². The summed E-state index contributed by atoms with van der Waals surface area (Å²) in [6.45, 7) is 16.6. The smallest absolute Gasteiger partial charge is 0.0692 e. The van der Waals surface area contributed by atoms with Crippen LogP contribution in [0.25, 0.3) is 5.57 Å². The van der Waals surface area contributed by atoms with Crippen molar-refractivity contribution in [1.82, 2.24) is 5.32 Å². The lowest BCUT2D eigenvalue weighted by Crippen LogP contribution is -2.07. The van der Waals surface area contributed by atoms with Gasteiger partial charge in [-0.05, 0) is 49.3 Å². The van der Waals surface area contributed by atoms with Crippen molar-refractivity contribution in [2.24, 2.45) is 0 Å². The Morgan fingerprint density at radius 2 is 2.00 bits per heavy atom. The molecule has 0 saturated heterocycles. The van der Waals surface area contributed by atoms with Gasteiger partial charge in [0.25, 0.3) is 0 Å². The van der Waals surface area contributed by atoms with Crippen LogP contribution in [0.2, 0.25) is 0 Å². The van der Waals surface area contributed by atoms with Crippen LogP contribution in [0.15, 0.2) is 47.5 Å². The first-order chi connectivity index (χ1) is 9.43. The van der Waals surface area contributed by atoms with E-state index in [4.69, 9.17) is 0 Å². The number of aryl methyl sites for hydroxylation is 2. The third-order valence-electron chi connectivity index (χ3n) is 3.05. The van der Waals surface area contributed by atoms with Gasteiger partial charge in [0.05, 0.1) is 5.03 Å². The van der Waals surface area contributed by atoms with Gasteiger partial charge >= 0.3 is 0 Å². The lowest BCUT2D eigenvalue weighted by Gasteiger charge is -2.11. The second kappa shape index (κ2) is 8.01. The standard InChI is InChI=1S/C18H25NS/c1-7-8-16(5)19-17(6)20-12-15(4)18-10-9-13(2)11-14(18)3/h9-12,19H,5-8H2,1-4H3/b15-12+. The molecule has 0 heterocycles. The molecule has 0 fully saturated rings. The summed E-state index contributed by atoms with van der Waals surface area (Å²) in [7, 11) is 0. The minimum atomic E-state index is 0.924. The molecular formula is C18H25NS. The molecule has 1 aromatic rings. The first kappa shape index (κ1) is 16.6. The van der Waals surface area contributed by atoms with Crippen molar-refractivity contribution in [3.63, 3.8) is 0 Å². The second-order valence-corrected chi connectivity index (χ2v) is 6.10. The number of allylic oxidation sites excluding steroid dienone is 2. The quantitative estimate of drug-likeness (QED) is 0.683. The summed E-state index contributed by atoms with van der Waals surface area (Å²) >= 11 is 1.62. The van der Waals surface area contributed by atoms with Gasteiger partial charge in [0.1, 0.15) is 0 Å². The van der Waals surface area contributed by atoms with E-state index < -0.39 is 0 Å². The van der Waals surface area contributed by atoms with Crippen LogP contribution >= 0.6 is 11.8 Å². The number of hydrogen-bond acceptors (Lipinski definition) is 2. The molecule has 1 N–H and O–H groups in total. The third-order valence-corrected chi connectivity index (χ3v) is 3.91. The number of benzene rings is 1. The van der Waals surface area contributed by atoms with Gasteiger partial charge in [-0.15, -0.1) is 0 Å². The van der Waals surface area contributed by atoms with Crippen LogP contribution in [-0.2, 0) is 0 Å². The van der Waals surface area contributed by atoms with E-state index in [2.05, 4.69) is 69.8 Å². The maximum absolute atomic E-state index is 4.03. The summed E-state index contributed by atoms with van der Waals surface area (Å²) in [6, 6.07) is 6.55. The van der Waals surface area contributed by atoms with Crippen molar-refractivity contribution in [3.05, 3.63) is 64.2 Å². The Bertz CT molecular complexity index is 526. The zero-order chi connectivity index (χ0) is 15.1. The van der Waals surface area contributed by atoms with E-state index in [9.17, 15) is 0 Å². The van der Waals surface area contributed by atoms with E-state index in [-0.39, 0.29) is 0 Å². The summed E-state index contributed by atoms with van der Waals surface area (Å²) in [5.74, 6) is 0. The van der Waals surface area contributed by atoms with E-state index in [1.54, 1.807) is 11.8 Å². The molecule has 0 aliphatic carbocycles. The predicted octanol–water partition coefficient (Wildman–Crippen LogP) is 5.77. The minimum absolute atomic E-state index is 0.924. The van der Waals surface area contributed by atoms with Crippen molar-refractivity contribution in [2.45, 2.75) is 40.5 Å². The molecular weight excluding hydrogens is 262 g/mol. The molecule has 0 saturated carbocycles. The van der Waals surface area contributed by atoms with Gasteiger partial charge in [-0.3, -0.25) is 0 Å². The van der Waals surface area contributed by atoms with Crippen molar-refractivity contribution >= 4 is 17.3 Å². The summed E-state index contributed by atoms with van der Waals surface area (Å²) in [5.41, 5.74) is 6.20. The molecule has 108 valence electrons. The van der Waals surface area contributed by atoms with Crippen LogP contribution in [0, 0.1) is 13.8 Å². The fourth-order valence-corrected chi connectivity index (χ4v) is 2.72. The lowest BCUT2D eigenvalue weighted by atomic mass is 10.0. The molecule has 2 heteroatoms. The Kier molecular flexibility index (Phi) is 6.66. The van der Waals surface area contributed by atoms with Crippen molar-refractivity contribution < 1.29 is 0 Å². The SMILES string of the molecule is C=C(CCC)NC(=C)S/C=C(\C)c1ccc(C)cc1C. The first-order valence-electron chi connectivity index (χ1n) is 6.98. The van der Waals surface area contributed by atoms with Gasteiger partial charge in [0.15, 0.2) is 0 Å². The van der Waals surface area contributed by atoms with E-state index in [1.165, 1.54) is 22.3 Å². The maximum atomic E-state index is 4.03. The third kappa shape index (κ3) is 5.30. The number of hydrogen-bond donors (Lipinski definition) is 1. The molecule has 1 aromatic carbocycles. The van der Waals surface area contributed by atoms with Gasteiger partial charge in [-0.25, -0.2) is 0 Å². The van der Waals surface area contributed by atoms with Gasteiger partial charge in [-0.2, -0.15) is 0 Å². The Morgan fingerprint density at radius 3 is 2.60 bits per heavy atom. The fourth-order valence-electron chi connectivity index (χ4n) is 2.07. The highest BCUT2D eigenvalue weighted by Crippen LogP contribution is 2.25. The highest BCUT2D eigenvalue weighted by atomic mass is 32.2. The number of nitrogens with one attached hydrogen (secondary N) is 1. The van der Waals surface area contributed by atoms with Crippen molar-refractivity contribution in [2.75, 3.05) is 0 Å². The number of thioether (sulfide) groups is 1. The molecule has 20 heavy (non-hydrogen) atoms. The number of rotatable bonds is 7. The molecule has 0 bridgehead atoms. The van der Waals surface area contributed by atoms with Gasteiger partial charge in [0.2, 0.25) is 0 Å². The Balaban J connectivity index is 2.65.